The van der Waals surface area contributed by atoms with Crippen molar-refractivity contribution in [1.29, 1.82) is 0 Å². The zero-order valence-corrected chi connectivity index (χ0v) is 15.5. The Kier molecular flexibility index (Phi) is 5.16. The molecule has 0 saturated carbocycles. The summed E-state index contributed by atoms with van der Waals surface area (Å²) in [5, 5.41) is 2.98. The molecule has 6 heteroatoms. The van der Waals surface area contributed by atoms with Gasteiger partial charge in [0.2, 0.25) is 0 Å². The van der Waals surface area contributed by atoms with Crippen LogP contribution in [0.3, 0.4) is 0 Å². The predicted molar refractivity (Wildman–Crippen MR) is 101 cm³/mol. The van der Waals surface area contributed by atoms with E-state index in [1.165, 1.54) is 0 Å². The molecule has 2 heterocycles. The number of amides is 1. The van der Waals surface area contributed by atoms with Gasteiger partial charge in [-0.25, -0.2) is 4.98 Å². The van der Waals surface area contributed by atoms with Crippen LogP contribution in [-0.4, -0.2) is 49.0 Å². The molecule has 0 atom stereocenters. The first-order chi connectivity index (χ1) is 11.5. The minimum atomic E-state index is -0.113. The molecule has 1 aliphatic rings. The highest BCUT2D eigenvalue weighted by molar-refractivity contribution is 9.10. The Labute approximate surface area is 150 Å². The molecule has 3 rings (SSSR count). The lowest BCUT2D eigenvalue weighted by Gasteiger charge is -2.33. The van der Waals surface area contributed by atoms with Gasteiger partial charge in [-0.3, -0.25) is 4.79 Å². The lowest BCUT2D eigenvalue weighted by atomic mass is 10.2. The lowest BCUT2D eigenvalue weighted by molar-refractivity contribution is 0.102. The molecule has 126 valence electrons. The molecule has 0 aliphatic carbocycles. The Morgan fingerprint density at radius 1 is 1.17 bits per heavy atom. The Hall–Kier alpha value is -1.92. The quantitative estimate of drug-likeness (QED) is 0.876. The van der Waals surface area contributed by atoms with Crippen molar-refractivity contribution in [2.75, 3.05) is 43.4 Å². The van der Waals surface area contributed by atoms with E-state index in [0.29, 0.717) is 5.56 Å². The maximum absolute atomic E-state index is 12.6. The predicted octanol–water partition coefficient (Wildman–Crippen LogP) is 3.16. The maximum atomic E-state index is 12.6. The number of halogens is 1. The molecule has 0 unspecified atom stereocenters. The molecule has 2 aromatic rings. The summed E-state index contributed by atoms with van der Waals surface area (Å²) in [7, 11) is 2.12. The van der Waals surface area contributed by atoms with Gasteiger partial charge < -0.3 is 15.1 Å². The van der Waals surface area contributed by atoms with Crippen molar-refractivity contribution in [1.82, 2.24) is 9.88 Å². The van der Waals surface area contributed by atoms with Crippen LogP contribution in [0, 0.1) is 6.92 Å². The molecule has 1 saturated heterocycles. The summed E-state index contributed by atoms with van der Waals surface area (Å²) in [6, 6.07) is 9.43. The number of piperazine rings is 1. The minimum Gasteiger partial charge on any atom is -0.354 e. The minimum absolute atomic E-state index is 0.113. The molecule has 0 radical (unpaired) electrons. The van der Waals surface area contributed by atoms with Crippen LogP contribution in [-0.2, 0) is 0 Å². The van der Waals surface area contributed by atoms with Gasteiger partial charge in [0.15, 0.2) is 0 Å². The molecule has 1 aromatic heterocycles. The van der Waals surface area contributed by atoms with E-state index in [1.54, 1.807) is 12.3 Å². The molecule has 24 heavy (non-hydrogen) atoms. The highest BCUT2D eigenvalue weighted by Crippen LogP contribution is 2.21. The molecule has 1 aromatic carbocycles. The summed E-state index contributed by atoms with van der Waals surface area (Å²) in [6.45, 7) is 5.86. The molecule has 1 fully saturated rings. The number of aryl methyl sites for hydroxylation is 1. The van der Waals surface area contributed by atoms with Crippen LogP contribution in [0.5, 0.6) is 0 Å². The first-order valence-corrected chi connectivity index (χ1v) is 8.79. The van der Waals surface area contributed by atoms with Crippen molar-refractivity contribution in [3.8, 4) is 0 Å². The third-order valence-corrected chi connectivity index (χ3v) is 4.76. The van der Waals surface area contributed by atoms with Crippen LogP contribution in [0.2, 0.25) is 0 Å². The van der Waals surface area contributed by atoms with Gasteiger partial charge in [-0.1, -0.05) is 15.9 Å². The van der Waals surface area contributed by atoms with Gasteiger partial charge in [0.1, 0.15) is 5.82 Å². The van der Waals surface area contributed by atoms with E-state index in [0.717, 1.165) is 47.7 Å². The van der Waals surface area contributed by atoms with Crippen molar-refractivity contribution in [3.05, 3.63) is 52.1 Å². The summed E-state index contributed by atoms with van der Waals surface area (Å²) in [4.78, 5) is 21.5. The second kappa shape index (κ2) is 7.32. The van der Waals surface area contributed by atoms with Crippen LogP contribution >= 0.6 is 15.9 Å². The van der Waals surface area contributed by atoms with Crippen LogP contribution in [0.1, 0.15) is 15.9 Å². The number of rotatable bonds is 3. The zero-order chi connectivity index (χ0) is 17.1. The number of pyridine rings is 1. The van der Waals surface area contributed by atoms with E-state index in [9.17, 15) is 4.79 Å². The SMILES string of the molecule is Cc1cc(Br)ccc1NC(=O)c1ccnc(N2CCN(C)CC2)c1. The number of carbonyl (C=O) groups is 1. The second-order valence-corrected chi connectivity index (χ2v) is 7.02. The van der Waals surface area contributed by atoms with Gasteiger partial charge in [-0.15, -0.1) is 0 Å². The Morgan fingerprint density at radius 2 is 1.92 bits per heavy atom. The Balaban J connectivity index is 1.74. The molecule has 1 aliphatic heterocycles. The number of nitrogens with one attached hydrogen (secondary N) is 1. The summed E-state index contributed by atoms with van der Waals surface area (Å²) >= 11 is 3.44. The number of benzene rings is 1. The molecule has 1 N–H and O–H groups in total. The Bertz CT molecular complexity index is 742. The standard InChI is InChI=1S/C18H21BrN4O/c1-13-11-15(19)3-4-16(13)21-18(24)14-5-6-20-17(12-14)23-9-7-22(2)8-10-23/h3-6,11-12H,7-10H2,1-2H3,(H,21,24). The fourth-order valence-electron chi connectivity index (χ4n) is 2.73. The third kappa shape index (κ3) is 3.94. The van der Waals surface area contributed by atoms with Crippen LogP contribution in [0.4, 0.5) is 11.5 Å². The first-order valence-electron chi connectivity index (χ1n) is 8.00. The van der Waals surface area contributed by atoms with E-state index in [4.69, 9.17) is 0 Å². The first kappa shape index (κ1) is 16.9. The monoisotopic (exact) mass is 388 g/mol. The van der Waals surface area contributed by atoms with Crippen molar-refractivity contribution in [2.45, 2.75) is 6.92 Å². The molecule has 1 amide bonds. The van der Waals surface area contributed by atoms with Crippen molar-refractivity contribution < 1.29 is 4.79 Å². The number of nitrogens with zero attached hydrogens (tertiary/aromatic N) is 3. The average molecular weight is 389 g/mol. The molecule has 0 bridgehead atoms. The van der Waals surface area contributed by atoms with Crippen molar-refractivity contribution in [2.24, 2.45) is 0 Å². The second-order valence-electron chi connectivity index (χ2n) is 6.11. The lowest BCUT2D eigenvalue weighted by Crippen LogP contribution is -2.44. The van der Waals surface area contributed by atoms with Crippen LogP contribution in [0.25, 0.3) is 0 Å². The fourth-order valence-corrected chi connectivity index (χ4v) is 3.21. The summed E-state index contributed by atoms with van der Waals surface area (Å²) in [5.74, 6) is 0.751. The zero-order valence-electron chi connectivity index (χ0n) is 13.9. The largest absolute Gasteiger partial charge is 0.354 e. The van der Waals surface area contributed by atoms with Gasteiger partial charge in [0.25, 0.3) is 5.91 Å². The van der Waals surface area contributed by atoms with E-state index in [1.807, 2.05) is 31.2 Å². The van der Waals surface area contributed by atoms with Gasteiger partial charge >= 0.3 is 0 Å². The molecule has 5 nitrogen and oxygen atoms in total. The highest BCUT2D eigenvalue weighted by atomic mass is 79.9. The number of likely N-dealkylation sites (N-methyl/N-ethyl adjacent to an activating group) is 1. The topological polar surface area (TPSA) is 48.5 Å². The normalized spacial score (nSPS) is 15.4. The van der Waals surface area contributed by atoms with E-state index in [2.05, 4.69) is 43.1 Å². The summed E-state index contributed by atoms with van der Waals surface area (Å²) < 4.78 is 0.999. The number of hydrogen-bond donors (Lipinski definition) is 1. The number of hydrogen-bond acceptors (Lipinski definition) is 4. The van der Waals surface area contributed by atoms with Crippen molar-refractivity contribution >= 4 is 33.3 Å². The smallest absolute Gasteiger partial charge is 0.255 e. The molecular formula is C18H21BrN4O. The number of anilines is 2. The van der Waals surface area contributed by atoms with Crippen LogP contribution < -0.4 is 10.2 Å². The van der Waals surface area contributed by atoms with E-state index >= 15 is 0 Å². The molecule has 0 spiro atoms. The highest BCUT2D eigenvalue weighted by Gasteiger charge is 2.17. The third-order valence-electron chi connectivity index (χ3n) is 4.27. The van der Waals surface area contributed by atoms with Gasteiger partial charge in [-0.2, -0.15) is 0 Å². The van der Waals surface area contributed by atoms with Gasteiger partial charge in [-0.05, 0) is 49.9 Å². The van der Waals surface area contributed by atoms with Crippen LogP contribution in [0.15, 0.2) is 41.0 Å². The summed E-state index contributed by atoms with van der Waals surface area (Å²) in [6.07, 6.45) is 1.71. The van der Waals surface area contributed by atoms with Crippen molar-refractivity contribution in [3.63, 3.8) is 0 Å². The van der Waals surface area contributed by atoms with E-state index in [-0.39, 0.29) is 5.91 Å². The average Bonchev–Trinajstić information content (AvgIpc) is 2.58. The van der Waals surface area contributed by atoms with Gasteiger partial charge in [0.05, 0.1) is 0 Å². The van der Waals surface area contributed by atoms with Gasteiger partial charge in [0, 0.05) is 48.1 Å². The Morgan fingerprint density at radius 3 is 2.62 bits per heavy atom. The van der Waals surface area contributed by atoms with E-state index < -0.39 is 0 Å². The number of carbonyl (C=O) groups excluding carboxylic acids is 1. The maximum Gasteiger partial charge on any atom is 0.255 e. The fraction of sp³-hybridized carbons (Fsp3) is 0.333. The molecular weight excluding hydrogens is 368 g/mol. The summed E-state index contributed by atoms with van der Waals surface area (Å²) in [5.41, 5.74) is 2.47. The number of aromatic nitrogens is 1.